The Labute approximate surface area is 183 Å². The summed E-state index contributed by atoms with van der Waals surface area (Å²) in [6, 6.07) is 9.54. The Morgan fingerprint density at radius 3 is 2.35 bits per heavy atom. The highest BCUT2D eigenvalue weighted by atomic mass is 32.2. The van der Waals surface area contributed by atoms with E-state index in [1.54, 1.807) is 18.2 Å². The Bertz CT molecular complexity index is 1050. The van der Waals surface area contributed by atoms with Gasteiger partial charge in [-0.3, -0.25) is 9.79 Å². The average molecular weight is 449 g/mol. The van der Waals surface area contributed by atoms with Crippen LogP contribution in [-0.2, 0) is 14.8 Å². The van der Waals surface area contributed by atoms with Crippen molar-refractivity contribution in [2.24, 2.45) is 16.5 Å². The van der Waals surface area contributed by atoms with Gasteiger partial charge in [0.15, 0.2) is 5.96 Å². The van der Waals surface area contributed by atoms with Crippen LogP contribution in [0.15, 0.2) is 46.3 Å². The van der Waals surface area contributed by atoms with E-state index in [1.807, 2.05) is 51.0 Å². The molecule has 0 saturated heterocycles. The van der Waals surface area contributed by atoms with Crippen LogP contribution >= 0.6 is 0 Å². The second-order valence-electron chi connectivity index (χ2n) is 7.81. The van der Waals surface area contributed by atoms with Crippen LogP contribution in [0.1, 0.15) is 26.7 Å². The van der Waals surface area contributed by atoms with Gasteiger partial charge in [-0.1, -0.05) is 24.3 Å². The van der Waals surface area contributed by atoms with Gasteiger partial charge < -0.3 is 21.7 Å². The number of benzene rings is 2. The molecule has 2 aromatic rings. The molecule has 0 aromatic heterocycles. The molecular formula is C21H32N6O3S. The van der Waals surface area contributed by atoms with Gasteiger partial charge in [-0.15, -0.1) is 0 Å². The normalized spacial score (nSPS) is 12.5. The molecule has 10 heteroatoms. The fraction of sp³-hybridized carbons (Fsp3) is 0.429. The zero-order valence-corrected chi connectivity index (χ0v) is 19.2. The minimum absolute atomic E-state index is 0.0452. The van der Waals surface area contributed by atoms with Crippen molar-refractivity contribution in [2.75, 3.05) is 25.5 Å². The molecule has 2 rings (SSSR count). The minimum Gasteiger partial charge on any atom is -0.377 e. The number of hydrogen-bond acceptors (Lipinski definition) is 5. The third-order valence-corrected chi connectivity index (χ3v) is 6.15. The van der Waals surface area contributed by atoms with Gasteiger partial charge in [0.1, 0.15) is 6.04 Å². The fourth-order valence-electron chi connectivity index (χ4n) is 3.27. The smallest absolute Gasteiger partial charge is 0.241 e. The lowest BCUT2D eigenvalue weighted by molar-refractivity contribution is -0.123. The van der Waals surface area contributed by atoms with Crippen LogP contribution in [0, 0.1) is 0 Å². The van der Waals surface area contributed by atoms with Crippen molar-refractivity contribution < 1.29 is 13.2 Å². The van der Waals surface area contributed by atoms with E-state index in [0.29, 0.717) is 18.4 Å². The number of aliphatic imine (C=N–C) groups is 1. The molecule has 0 spiro atoms. The van der Waals surface area contributed by atoms with E-state index in [0.717, 1.165) is 11.1 Å². The van der Waals surface area contributed by atoms with Crippen LogP contribution in [0.4, 0.5) is 5.69 Å². The van der Waals surface area contributed by atoms with Crippen molar-refractivity contribution in [1.29, 1.82) is 0 Å². The summed E-state index contributed by atoms with van der Waals surface area (Å²) in [4.78, 5) is 18.6. The first-order chi connectivity index (χ1) is 14.5. The molecule has 0 heterocycles. The molecule has 0 aliphatic carbocycles. The summed E-state index contributed by atoms with van der Waals surface area (Å²) in [7, 11) is -0.178. The zero-order chi connectivity index (χ0) is 23.2. The maximum absolute atomic E-state index is 13.3. The van der Waals surface area contributed by atoms with Crippen molar-refractivity contribution in [3.05, 3.63) is 36.4 Å². The quantitative estimate of drug-likeness (QED) is 0.244. The van der Waals surface area contributed by atoms with Crippen LogP contribution in [0.5, 0.6) is 0 Å². The molecular weight excluding hydrogens is 416 g/mol. The van der Waals surface area contributed by atoms with Crippen molar-refractivity contribution in [1.82, 2.24) is 10.0 Å². The van der Waals surface area contributed by atoms with Crippen molar-refractivity contribution in [3.63, 3.8) is 0 Å². The maximum atomic E-state index is 13.3. The lowest BCUT2D eigenvalue weighted by Crippen LogP contribution is -2.48. The lowest BCUT2D eigenvalue weighted by Gasteiger charge is -2.21. The number of anilines is 1. The summed E-state index contributed by atoms with van der Waals surface area (Å²) < 4.78 is 29.2. The SMILES string of the molecule is CC(C)NC(=O)C(CCCN=C(N)N)NS(=O)(=O)c1cccc2c(N(C)C)cccc12. The van der Waals surface area contributed by atoms with E-state index in [-0.39, 0.29) is 23.3 Å². The Kier molecular flexibility index (Phi) is 8.23. The predicted octanol–water partition coefficient (Wildman–Crippen LogP) is 1.13. The predicted molar refractivity (Wildman–Crippen MR) is 126 cm³/mol. The number of fused-ring (bicyclic) bond motifs is 1. The third-order valence-electron chi connectivity index (χ3n) is 4.62. The maximum Gasteiger partial charge on any atom is 0.241 e. The molecule has 1 amide bonds. The van der Waals surface area contributed by atoms with E-state index >= 15 is 0 Å². The molecule has 0 bridgehead atoms. The summed E-state index contributed by atoms with van der Waals surface area (Å²) in [5, 5.41) is 4.17. The van der Waals surface area contributed by atoms with E-state index in [9.17, 15) is 13.2 Å². The standard InChI is InChI=1S/C21H32N6O3S/c1-14(2)25-20(28)17(10-7-13-24-21(22)23)26-31(29,30)19-12-6-8-15-16(19)9-5-11-18(15)27(3)4/h5-6,8-9,11-12,14,17,26H,7,10,13H2,1-4H3,(H,25,28)(H4,22,23,24). The number of rotatable bonds is 10. The highest BCUT2D eigenvalue weighted by Crippen LogP contribution is 2.30. The molecule has 0 saturated carbocycles. The van der Waals surface area contributed by atoms with Crippen LogP contribution in [0.25, 0.3) is 10.8 Å². The Hall–Kier alpha value is -2.85. The van der Waals surface area contributed by atoms with Gasteiger partial charge in [0.05, 0.1) is 4.90 Å². The van der Waals surface area contributed by atoms with Crippen molar-refractivity contribution >= 4 is 38.3 Å². The highest BCUT2D eigenvalue weighted by Gasteiger charge is 2.27. The van der Waals surface area contributed by atoms with E-state index < -0.39 is 22.0 Å². The number of carbonyl (C=O) groups excluding carboxylic acids is 1. The van der Waals surface area contributed by atoms with Crippen LogP contribution in [0.3, 0.4) is 0 Å². The molecule has 1 atom stereocenters. The Morgan fingerprint density at radius 1 is 1.10 bits per heavy atom. The summed E-state index contributed by atoms with van der Waals surface area (Å²) >= 11 is 0. The van der Waals surface area contributed by atoms with Gasteiger partial charge >= 0.3 is 0 Å². The number of nitrogens with two attached hydrogens (primary N) is 2. The third kappa shape index (κ3) is 6.56. The summed E-state index contributed by atoms with van der Waals surface area (Å²) in [5.41, 5.74) is 11.6. The van der Waals surface area contributed by atoms with Gasteiger partial charge in [-0.2, -0.15) is 4.72 Å². The topological polar surface area (TPSA) is 143 Å². The van der Waals surface area contributed by atoms with E-state index in [1.165, 1.54) is 0 Å². The molecule has 170 valence electrons. The first kappa shape index (κ1) is 24.4. The fourth-order valence-corrected chi connectivity index (χ4v) is 4.72. The molecule has 31 heavy (non-hydrogen) atoms. The molecule has 2 aromatic carbocycles. The second-order valence-corrected chi connectivity index (χ2v) is 9.49. The average Bonchev–Trinajstić information content (AvgIpc) is 2.68. The van der Waals surface area contributed by atoms with E-state index in [2.05, 4.69) is 15.0 Å². The molecule has 0 aliphatic rings. The van der Waals surface area contributed by atoms with E-state index in [4.69, 9.17) is 11.5 Å². The number of hydrogen-bond donors (Lipinski definition) is 4. The summed E-state index contributed by atoms with van der Waals surface area (Å²) in [6.45, 7) is 3.93. The number of nitrogens with zero attached hydrogens (tertiary/aromatic N) is 2. The Morgan fingerprint density at radius 2 is 1.74 bits per heavy atom. The van der Waals surface area contributed by atoms with Gasteiger partial charge in [0, 0.05) is 43.1 Å². The molecule has 0 fully saturated rings. The number of nitrogens with one attached hydrogen (secondary N) is 2. The number of carbonyl (C=O) groups is 1. The first-order valence-corrected chi connectivity index (χ1v) is 11.6. The van der Waals surface area contributed by atoms with Crippen molar-refractivity contribution in [3.8, 4) is 0 Å². The van der Waals surface area contributed by atoms with Crippen LogP contribution in [0.2, 0.25) is 0 Å². The zero-order valence-electron chi connectivity index (χ0n) is 18.4. The molecule has 9 nitrogen and oxygen atoms in total. The molecule has 1 unspecified atom stereocenters. The number of amides is 1. The second kappa shape index (κ2) is 10.5. The molecule has 0 aliphatic heterocycles. The number of guanidine groups is 1. The van der Waals surface area contributed by atoms with Crippen LogP contribution in [-0.4, -0.2) is 53.0 Å². The van der Waals surface area contributed by atoms with Gasteiger partial charge in [0.25, 0.3) is 0 Å². The summed E-state index contributed by atoms with van der Waals surface area (Å²) in [5.74, 6) is -0.436. The monoisotopic (exact) mass is 448 g/mol. The highest BCUT2D eigenvalue weighted by molar-refractivity contribution is 7.89. The van der Waals surface area contributed by atoms with Gasteiger partial charge in [0.2, 0.25) is 15.9 Å². The van der Waals surface area contributed by atoms with Crippen LogP contribution < -0.4 is 26.4 Å². The number of sulfonamides is 1. The minimum atomic E-state index is -3.98. The molecule has 6 N–H and O–H groups in total. The van der Waals surface area contributed by atoms with Gasteiger partial charge in [-0.05, 0) is 38.8 Å². The van der Waals surface area contributed by atoms with Gasteiger partial charge in [-0.25, -0.2) is 8.42 Å². The van der Waals surface area contributed by atoms with Crippen molar-refractivity contribution in [2.45, 2.75) is 43.7 Å². The lowest BCUT2D eigenvalue weighted by atomic mass is 10.1. The molecule has 0 radical (unpaired) electrons. The largest absolute Gasteiger partial charge is 0.377 e. The first-order valence-electron chi connectivity index (χ1n) is 10.1. The summed E-state index contributed by atoms with van der Waals surface area (Å²) in [6.07, 6.45) is 0.694. The Balaban J connectivity index is 2.38.